The first kappa shape index (κ1) is 29.9. The van der Waals surface area contributed by atoms with Crippen LogP contribution in [0.4, 0.5) is 5.69 Å². The number of amides is 2. The predicted molar refractivity (Wildman–Crippen MR) is 152 cm³/mol. The molecule has 39 heavy (non-hydrogen) atoms. The van der Waals surface area contributed by atoms with E-state index >= 15 is 0 Å². The Balaban J connectivity index is 1.82. The molecule has 11 heteroatoms. The Morgan fingerprint density at radius 2 is 1.79 bits per heavy atom. The molecular formula is C28H32ClN3O6S. The van der Waals surface area contributed by atoms with Crippen molar-refractivity contribution in [1.29, 1.82) is 0 Å². The van der Waals surface area contributed by atoms with Gasteiger partial charge in [-0.15, -0.1) is 11.3 Å². The third-order valence-electron chi connectivity index (χ3n) is 5.99. The molecule has 0 aliphatic rings. The van der Waals surface area contributed by atoms with Crippen molar-refractivity contribution in [3.8, 4) is 11.5 Å². The van der Waals surface area contributed by atoms with Crippen molar-refractivity contribution in [2.24, 2.45) is 5.92 Å². The maximum absolute atomic E-state index is 13.6. The number of rotatable bonds is 13. The molecule has 3 rings (SSSR count). The summed E-state index contributed by atoms with van der Waals surface area (Å²) in [5.41, 5.74) is 0.725. The fourth-order valence-electron chi connectivity index (χ4n) is 4.07. The number of benzene rings is 2. The molecule has 0 aliphatic carbocycles. The van der Waals surface area contributed by atoms with Crippen LogP contribution in [-0.2, 0) is 17.8 Å². The molecule has 1 heterocycles. The number of carbonyl (C=O) groups excluding carboxylic acids is 2. The predicted octanol–water partition coefficient (Wildman–Crippen LogP) is 5.70. The summed E-state index contributed by atoms with van der Waals surface area (Å²) in [4.78, 5) is 42.0. The zero-order valence-electron chi connectivity index (χ0n) is 22.4. The summed E-state index contributed by atoms with van der Waals surface area (Å²) in [6.45, 7) is 4.85. The van der Waals surface area contributed by atoms with Gasteiger partial charge in [0, 0.05) is 29.6 Å². The Morgan fingerprint density at radius 3 is 2.41 bits per heavy atom. The Bertz CT molecular complexity index is 1300. The molecule has 0 radical (unpaired) electrons. The van der Waals surface area contributed by atoms with Gasteiger partial charge in [-0.3, -0.25) is 19.7 Å². The van der Waals surface area contributed by atoms with Crippen LogP contribution in [0.2, 0.25) is 5.02 Å². The van der Waals surface area contributed by atoms with E-state index in [-0.39, 0.29) is 34.6 Å². The number of nitrogens with zero attached hydrogens (tertiary/aromatic N) is 3. The molecule has 3 aromatic rings. The molecule has 0 saturated heterocycles. The molecule has 0 bridgehead atoms. The SMILES string of the molecule is COc1ccc(CCN(Cc2cccs2)C(=O)CN(CC(C)C)C(=O)c2ccc(Cl)c([N+](=O)[O-])c2)cc1OC. The lowest BCUT2D eigenvalue weighted by Gasteiger charge is -2.29. The van der Waals surface area contributed by atoms with E-state index in [1.54, 1.807) is 30.5 Å². The number of carbonyl (C=O) groups is 2. The quantitative estimate of drug-likeness (QED) is 0.192. The van der Waals surface area contributed by atoms with Gasteiger partial charge in [-0.1, -0.05) is 37.6 Å². The second kappa shape index (κ2) is 14.0. The van der Waals surface area contributed by atoms with Gasteiger partial charge < -0.3 is 19.3 Å². The molecule has 208 valence electrons. The standard InChI is InChI=1S/C28H32ClN3O6S/c1-19(2)16-31(28(34)21-8-9-23(29)24(15-21)32(35)36)18-27(33)30(17-22-6-5-13-39-22)12-11-20-7-10-25(37-3)26(14-20)38-4/h5-10,13-15,19H,11-12,16-18H2,1-4H3. The molecule has 0 N–H and O–H groups in total. The molecule has 0 atom stereocenters. The fraction of sp³-hybridized carbons (Fsp3) is 0.357. The second-order valence-corrected chi connectivity index (χ2v) is 10.8. The Morgan fingerprint density at radius 1 is 1.05 bits per heavy atom. The van der Waals surface area contributed by atoms with Gasteiger partial charge in [0.15, 0.2) is 11.5 Å². The fourth-order valence-corrected chi connectivity index (χ4v) is 4.98. The maximum atomic E-state index is 13.6. The second-order valence-electron chi connectivity index (χ2n) is 9.34. The molecular weight excluding hydrogens is 542 g/mol. The normalized spacial score (nSPS) is 10.8. The van der Waals surface area contributed by atoms with Crippen LogP contribution in [0.3, 0.4) is 0 Å². The van der Waals surface area contributed by atoms with E-state index in [0.717, 1.165) is 16.5 Å². The topological polar surface area (TPSA) is 102 Å². The van der Waals surface area contributed by atoms with Crippen LogP contribution in [-0.4, -0.2) is 60.4 Å². The zero-order chi connectivity index (χ0) is 28.5. The molecule has 1 aromatic heterocycles. The molecule has 0 fully saturated rings. The van der Waals surface area contributed by atoms with E-state index in [1.165, 1.54) is 17.0 Å². The van der Waals surface area contributed by atoms with Crippen LogP contribution in [0.15, 0.2) is 53.9 Å². The van der Waals surface area contributed by atoms with Crippen LogP contribution in [0.5, 0.6) is 11.5 Å². The molecule has 9 nitrogen and oxygen atoms in total. The summed E-state index contributed by atoms with van der Waals surface area (Å²) >= 11 is 7.49. The summed E-state index contributed by atoms with van der Waals surface area (Å²) in [5, 5.41) is 13.2. The van der Waals surface area contributed by atoms with Gasteiger partial charge in [-0.2, -0.15) is 0 Å². The third kappa shape index (κ3) is 8.18. The molecule has 2 amide bonds. The minimum absolute atomic E-state index is 0.0553. The zero-order valence-corrected chi connectivity index (χ0v) is 24.0. The van der Waals surface area contributed by atoms with Crippen molar-refractivity contribution in [3.05, 3.63) is 85.1 Å². The Kier molecular flexibility index (Phi) is 10.7. The van der Waals surface area contributed by atoms with E-state index in [1.807, 2.05) is 49.6 Å². The smallest absolute Gasteiger partial charge is 0.288 e. The molecule has 0 saturated carbocycles. The highest BCUT2D eigenvalue weighted by Crippen LogP contribution is 2.28. The molecule has 0 spiro atoms. The number of ether oxygens (including phenoxy) is 2. The van der Waals surface area contributed by atoms with Crippen LogP contribution in [0, 0.1) is 16.0 Å². The summed E-state index contributed by atoms with van der Waals surface area (Å²) in [6, 6.07) is 13.5. The van der Waals surface area contributed by atoms with Gasteiger partial charge >= 0.3 is 0 Å². The van der Waals surface area contributed by atoms with Gasteiger partial charge in [0.1, 0.15) is 11.6 Å². The first-order valence-corrected chi connectivity index (χ1v) is 13.6. The highest BCUT2D eigenvalue weighted by Gasteiger charge is 2.25. The lowest BCUT2D eigenvalue weighted by atomic mass is 10.1. The number of hydrogen-bond donors (Lipinski definition) is 0. The largest absolute Gasteiger partial charge is 0.493 e. The lowest BCUT2D eigenvalue weighted by Crippen LogP contribution is -2.44. The Hall–Kier alpha value is -3.63. The highest BCUT2D eigenvalue weighted by atomic mass is 35.5. The maximum Gasteiger partial charge on any atom is 0.288 e. The van der Waals surface area contributed by atoms with Crippen LogP contribution < -0.4 is 9.47 Å². The van der Waals surface area contributed by atoms with Crippen LogP contribution >= 0.6 is 22.9 Å². The van der Waals surface area contributed by atoms with Crippen LogP contribution in [0.25, 0.3) is 0 Å². The summed E-state index contributed by atoms with van der Waals surface area (Å²) in [6.07, 6.45) is 0.568. The average molecular weight is 574 g/mol. The van der Waals surface area contributed by atoms with E-state index < -0.39 is 10.8 Å². The van der Waals surface area contributed by atoms with Gasteiger partial charge in [-0.05, 0) is 53.6 Å². The van der Waals surface area contributed by atoms with Crippen molar-refractivity contribution in [3.63, 3.8) is 0 Å². The summed E-state index contributed by atoms with van der Waals surface area (Å²) in [7, 11) is 3.15. The van der Waals surface area contributed by atoms with Crippen LogP contribution in [0.1, 0.15) is 34.6 Å². The first-order chi connectivity index (χ1) is 18.6. The van der Waals surface area contributed by atoms with E-state index in [0.29, 0.717) is 37.6 Å². The number of thiophene rings is 1. The van der Waals surface area contributed by atoms with Gasteiger partial charge in [0.25, 0.3) is 11.6 Å². The number of nitro benzene ring substituents is 1. The monoisotopic (exact) mass is 573 g/mol. The number of halogens is 1. The van der Waals surface area contributed by atoms with Gasteiger partial charge in [0.05, 0.1) is 25.7 Å². The summed E-state index contributed by atoms with van der Waals surface area (Å²) in [5.74, 6) is 0.616. The van der Waals surface area contributed by atoms with E-state index in [2.05, 4.69) is 0 Å². The minimum Gasteiger partial charge on any atom is -0.493 e. The minimum atomic E-state index is -0.631. The molecule has 2 aromatic carbocycles. The van der Waals surface area contributed by atoms with E-state index in [4.69, 9.17) is 21.1 Å². The highest BCUT2D eigenvalue weighted by molar-refractivity contribution is 7.09. The van der Waals surface area contributed by atoms with Crippen molar-refractivity contribution in [2.45, 2.75) is 26.8 Å². The van der Waals surface area contributed by atoms with Gasteiger partial charge in [0.2, 0.25) is 5.91 Å². The van der Waals surface area contributed by atoms with E-state index in [9.17, 15) is 19.7 Å². The lowest BCUT2D eigenvalue weighted by molar-refractivity contribution is -0.384. The summed E-state index contributed by atoms with van der Waals surface area (Å²) < 4.78 is 10.7. The number of hydrogen-bond acceptors (Lipinski definition) is 7. The van der Waals surface area contributed by atoms with Crippen molar-refractivity contribution < 1.29 is 24.0 Å². The van der Waals surface area contributed by atoms with Crippen molar-refractivity contribution in [2.75, 3.05) is 33.9 Å². The van der Waals surface area contributed by atoms with Crippen molar-refractivity contribution >= 4 is 40.4 Å². The Labute approximate surface area is 237 Å². The molecule has 0 unspecified atom stereocenters. The average Bonchev–Trinajstić information content (AvgIpc) is 3.43. The van der Waals surface area contributed by atoms with Gasteiger partial charge in [-0.25, -0.2) is 0 Å². The van der Waals surface area contributed by atoms with Crippen molar-refractivity contribution in [1.82, 2.24) is 9.80 Å². The third-order valence-corrected chi connectivity index (χ3v) is 7.17. The first-order valence-electron chi connectivity index (χ1n) is 12.4. The number of nitro groups is 1. The molecule has 0 aliphatic heterocycles. The number of methoxy groups -OCH3 is 2.